The highest BCUT2D eigenvalue weighted by Gasteiger charge is 2.37. The summed E-state index contributed by atoms with van der Waals surface area (Å²) in [5.74, 6) is -0.300. The Bertz CT molecular complexity index is 779. The lowest BCUT2D eigenvalue weighted by Crippen LogP contribution is -2.31. The van der Waals surface area contributed by atoms with E-state index in [1.807, 2.05) is 30.3 Å². The molecule has 25 heavy (non-hydrogen) atoms. The fourth-order valence-electron chi connectivity index (χ4n) is 2.92. The van der Waals surface area contributed by atoms with Crippen LogP contribution in [0.5, 0.6) is 5.75 Å². The summed E-state index contributed by atoms with van der Waals surface area (Å²) in [6.45, 7) is -0.0204. The molecule has 3 rings (SSSR count). The van der Waals surface area contributed by atoms with Gasteiger partial charge in [0.1, 0.15) is 17.6 Å². The smallest absolute Gasteiger partial charge is 0.325 e. The summed E-state index contributed by atoms with van der Waals surface area (Å²) >= 11 is 0. The van der Waals surface area contributed by atoms with Crippen molar-refractivity contribution < 1.29 is 18.7 Å². The summed E-state index contributed by atoms with van der Waals surface area (Å²) in [5.41, 5.74) is 1.56. The summed E-state index contributed by atoms with van der Waals surface area (Å²) in [7, 11) is 1.46. The molecule has 0 aromatic heterocycles. The summed E-state index contributed by atoms with van der Waals surface area (Å²) in [6, 6.07) is 12.8. The first-order valence-corrected chi connectivity index (χ1v) is 8.06. The minimum atomic E-state index is -0.563. The van der Waals surface area contributed by atoms with Gasteiger partial charge in [0.2, 0.25) is 0 Å². The van der Waals surface area contributed by atoms with E-state index < -0.39 is 17.9 Å². The van der Waals surface area contributed by atoms with Gasteiger partial charge < -0.3 is 10.1 Å². The molecule has 0 spiro atoms. The van der Waals surface area contributed by atoms with E-state index in [4.69, 9.17) is 4.74 Å². The predicted molar refractivity (Wildman–Crippen MR) is 90.6 cm³/mol. The zero-order valence-electron chi connectivity index (χ0n) is 13.9. The minimum Gasteiger partial charge on any atom is -0.496 e. The molecule has 1 heterocycles. The highest BCUT2D eigenvalue weighted by molar-refractivity contribution is 6.04. The molecule has 1 N–H and O–H groups in total. The van der Waals surface area contributed by atoms with Crippen LogP contribution in [-0.4, -0.2) is 30.0 Å². The molecule has 1 aliphatic heterocycles. The zero-order valence-corrected chi connectivity index (χ0v) is 13.9. The lowest BCUT2D eigenvalue weighted by molar-refractivity contribution is -0.128. The highest BCUT2D eigenvalue weighted by atomic mass is 19.1. The maximum absolute atomic E-state index is 13.5. The van der Waals surface area contributed by atoms with E-state index in [-0.39, 0.29) is 12.5 Å². The van der Waals surface area contributed by atoms with Crippen LogP contribution in [-0.2, 0) is 17.8 Å². The molecule has 0 aliphatic carbocycles. The van der Waals surface area contributed by atoms with Crippen LogP contribution in [0.15, 0.2) is 48.5 Å². The number of nitrogens with zero attached hydrogens (tertiary/aromatic N) is 1. The van der Waals surface area contributed by atoms with Gasteiger partial charge in [-0.25, -0.2) is 9.18 Å². The number of aryl methyl sites for hydroxylation is 1. The van der Waals surface area contributed by atoms with E-state index in [1.54, 1.807) is 0 Å². The van der Waals surface area contributed by atoms with Gasteiger partial charge in [-0.2, -0.15) is 0 Å². The second kappa shape index (κ2) is 7.34. The van der Waals surface area contributed by atoms with Crippen LogP contribution < -0.4 is 10.1 Å². The summed E-state index contributed by atoms with van der Waals surface area (Å²) in [5, 5.41) is 2.70. The monoisotopic (exact) mass is 342 g/mol. The van der Waals surface area contributed by atoms with E-state index in [1.165, 1.54) is 25.3 Å². The quantitative estimate of drug-likeness (QED) is 0.821. The van der Waals surface area contributed by atoms with E-state index >= 15 is 0 Å². The lowest BCUT2D eigenvalue weighted by atomic mass is 10.1. The van der Waals surface area contributed by atoms with Gasteiger partial charge in [0.05, 0.1) is 13.7 Å². The second-order valence-electron chi connectivity index (χ2n) is 5.91. The first-order valence-electron chi connectivity index (χ1n) is 8.06. The molecule has 0 saturated carbocycles. The van der Waals surface area contributed by atoms with Crippen LogP contribution in [0.25, 0.3) is 0 Å². The lowest BCUT2D eigenvalue weighted by Gasteiger charge is -2.15. The third kappa shape index (κ3) is 3.79. The second-order valence-corrected chi connectivity index (χ2v) is 5.91. The largest absolute Gasteiger partial charge is 0.496 e. The SMILES string of the molecule is COc1ccc(F)cc1CN1C(=O)NC(CCc2ccccc2)C1=O. The average Bonchev–Trinajstić information content (AvgIpc) is 2.89. The molecule has 2 aromatic rings. The summed E-state index contributed by atoms with van der Waals surface area (Å²) in [6.07, 6.45) is 1.21. The van der Waals surface area contributed by atoms with Gasteiger partial charge in [0.15, 0.2) is 0 Å². The molecule has 1 unspecified atom stereocenters. The molecule has 1 fully saturated rings. The Morgan fingerprint density at radius 3 is 2.64 bits per heavy atom. The van der Waals surface area contributed by atoms with Crippen LogP contribution in [0.2, 0.25) is 0 Å². The Balaban J connectivity index is 1.68. The molecule has 0 bridgehead atoms. The van der Waals surface area contributed by atoms with Crippen molar-refractivity contribution in [2.24, 2.45) is 0 Å². The minimum absolute atomic E-state index is 0.0204. The summed E-state index contributed by atoms with van der Waals surface area (Å²) in [4.78, 5) is 25.8. The van der Waals surface area contributed by atoms with Gasteiger partial charge in [-0.15, -0.1) is 0 Å². The van der Waals surface area contributed by atoms with Gasteiger partial charge in [0.25, 0.3) is 5.91 Å². The number of rotatable bonds is 6. The molecule has 0 radical (unpaired) electrons. The first-order chi connectivity index (χ1) is 12.1. The van der Waals surface area contributed by atoms with Crippen molar-refractivity contribution in [1.82, 2.24) is 10.2 Å². The molecule has 5 nitrogen and oxygen atoms in total. The predicted octanol–water partition coefficient (Wildman–Crippen LogP) is 2.89. The van der Waals surface area contributed by atoms with Crippen LogP contribution in [0.1, 0.15) is 17.5 Å². The number of carbonyl (C=O) groups is 2. The molecule has 6 heteroatoms. The van der Waals surface area contributed by atoms with Gasteiger partial charge in [0, 0.05) is 5.56 Å². The van der Waals surface area contributed by atoms with Crippen molar-refractivity contribution in [3.8, 4) is 5.75 Å². The van der Waals surface area contributed by atoms with Crippen LogP contribution in [0, 0.1) is 5.82 Å². The van der Waals surface area contributed by atoms with Crippen molar-refractivity contribution in [2.45, 2.75) is 25.4 Å². The number of hydrogen-bond acceptors (Lipinski definition) is 3. The maximum atomic E-state index is 13.5. The van der Waals surface area contributed by atoms with E-state index in [9.17, 15) is 14.0 Å². The number of methoxy groups -OCH3 is 1. The van der Waals surface area contributed by atoms with Crippen molar-refractivity contribution in [1.29, 1.82) is 0 Å². The highest BCUT2D eigenvalue weighted by Crippen LogP contribution is 2.23. The topological polar surface area (TPSA) is 58.6 Å². The number of carbonyl (C=O) groups excluding carboxylic acids is 2. The third-order valence-corrected chi connectivity index (χ3v) is 4.24. The number of nitrogens with one attached hydrogen (secondary N) is 1. The molecular formula is C19H19FN2O3. The Morgan fingerprint density at radius 2 is 1.92 bits per heavy atom. The molecule has 2 aromatic carbocycles. The third-order valence-electron chi connectivity index (χ3n) is 4.24. The number of urea groups is 1. The van der Waals surface area contributed by atoms with E-state index in [2.05, 4.69) is 5.32 Å². The molecule has 1 saturated heterocycles. The Hall–Kier alpha value is -2.89. The number of imide groups is 1. The van der Waals surface area contributed by atoms with Crippen molar-refractivity contribution in [2.75, 3.05) is 7.11 Å². The van der Waals surface area contributed by atoms with Gasteiger partial charge in [-0.3, -0.25) is 9.69 Å². The molecule has 1 aliphatic rings. The van der Waals surface area contributed by atoms with Crippen molar-refractivity contribution in [3.05, 3.63) is 65.5 Å². The van der Waals surface area contributed by atoms with Gasteiger partial charge in [-0.05, 0) is 36.6 Å². The Morgan fingerprint density at radius 1 is 1.16 bits per heavy atom. The van der Waals surface area contributed by atoms with Crippen LogP contribution >= 0.6 is 0 Å². The summed E-state index contributed by atoms with van der Waals surface area (Å²) < 4.78 is 18.7. The normalized spacial score (nSPS) is 16.9. The number of benzene rings is 2. The first kappa shape index (κ1) is 17.0. The Kier molecular flexibility index (Phi) is 4.97. The fourth-order valence-corrected chi connectivity index (χ4v) is 2.92. The van der Waals surface area contributed by atoms with E-state index in [0.717, 1.165) is 10.5 Å². The fraction of sp³-hybridized carbons (Fsp3) is 0.263. The Labute approximate surface area is 145 Å². The van der Waals surface area contributed by atoms with Gasteiger partial charge >= 0.3 is 6.03 Å². The maximum Gasteiger partial charge on any atom is 0.325 e. The van der Waals surface area contributed by atoms with Gasteiger partial charge in [-0.1, -0.05) is 30.3 Å². The number of hydrogen-bond donors (Lipinski definition) is 1. The molecule has 1 atom stereocenters. The zero-order chi connectivity index (χ0) is 17.8. The number of amides is 3. The number of ether oxygens (including phenoxy) is 1. The van der Waals surface area contributed by atoms with E-state index in [0.29, 0.717) is 24.2 Å². The number of halogens is 1. The van der Waals surface area contributed by atoms with Crippen molar-refractivity contribution in [3.63, 3.8) is 0 Å². The van der Waals surface area contributed by atoms with Crippen LogP contribution in [0.3, 0.4) is 0 Å². The molecular weight excluding hydrogens is 323 g/mol. The standard InChI is InChI=1S/C19H19FN2O3/c1-25-17-10-8-15(20)11-14(17)12-22-18(23)16(21-19(22)24)9-7-13-5-3-2-4-6-13/h2-6,8,10-11,16H,7,9,12H2,1H3,(H,21,24). The molecule has 3 amide bonds. The van der Waals surface area contributed by atoms with Crippen molar-refractivity contribution >= 4 is 11.9 Å². The molecule has 130 valence electrons. The van der Waals surface area contributed by atoms with Crippen LogP contribution in [0.4, 0.5) is 9.18 Å². The average molecular weight is 342 g/mol.